The zero-order chi connectivity index (χ0) is 26.4. The molecule has 2 aromatic rings. The smallest absolute Gasteiger partial charge is 0.221 e. The third-order valence-electron chi connectivity index (χ3n) is 7.07. The van der Waals surface area contributed by atoms with E-state index in [1.54, 1.807) is 18.5 Å². The Morgan fingerprint density at radius 2 is 1.69 bits per heavy atom. The molecule has 0 aliphatic carbocycles. The van der Waals surface area contributed by atoms with Crippen LogP contribution in [0.5, 0.6) is 5.75 Å². The second kappa shape index (κ2) is 12.7. The summed E-state index contributed by atoms with van der Waals surface area (Å²) in [6.07, 6.45) is 2.65. The van der Waals surface area contributed by atoms with Crippen LogP contribution in [0.4, 0.5) is 5.69 Å². The van der Waals surface area contributed by atoms with Gasteiger partial charge in [-0.2, -0.15) is 0 Å². The van der Waals surface area contributed by atoms with Gasteiger partial charge in [0.2, 0.25) is 5.91 Å². The van der Waals surface area contributed by atoms with E-state index in [-0.39, 0.29) is 12.3 Å². The van der Waals surface area contributed by atoms with Crippen molar-refractivity contribution in [3.8, 4) is 5.75 Å². The minimum absolute atomic E-state index is 0.0467. The van der Waals surface area contributed by atoms with Crippen molar-refractivity contribution in [2.75, 3.05) is 52.8 Å². The molecule has 3 rings (SSSR count). The molecule has 1 amide bonds. The Hall–Kier alpha value is -2.42. The maximum atomic E-state index is 13.1. The largest absolute Gasteiger partial charge is 0.497 e. The van der Waals surface area contributed by atoms with E-state index < -0.39 is 11.0 Å². The number of hydrogen-bond donors (Lipinski definition) is 1. The third kappa shape index (κ3) is 7.08. The maximum Gasteiger partial charge on any atom is 0.221 e. The average Bonchev–Trinajstić information content (AvgIpc) is 2.85. The summed E-state index contributed by atoms with van der Waals surface area (Å²) in [7, 11) is 6.40. The number of amides is 1. The highest BCUT2D eigenvalue weighted by atomic mass is 32.2. The Morgan fingerprint density at radius 3 is 2.25 bits per heavy atom. The Morgan fingerprint density at radius 1 is 1.06 bits per heavy atom. The summed E-state index contributed by atoms with van der Waals surface area (Å²) in [5, 5.41) is 3.02. The van der Waals surface area contributed by atoms with E-state index in [4.69, 9.17) is 4.74 Å². The molecule has 198 valence electrons. The summed E-state index contributed by atoms with van der Waals surface area (Å²) in [4.78, 5) is 18.1. The van der Waals surface area contributed by atoms with Crippen LogP contribution in [0.15, 0.2) is 35.2 Å². The molecule has 1 heterocycles. The predicted octanol–water partition coefficient (Wildman–Crippen LogP) is 3.81. The summed E-state index contributed by atoms with van der Waals surface area (Å²) in [6.45, 7) is 9.06. The number of nitrogens with one attached hydrogen (secondary N) is 1. The van der Waals surface area contributed by atoms with Crippen LogP contribution >= 0.6 is 0 Å². The molecule has 0 radical (unpaired) electrons. The molecule has 1 fully saturated rings. The van der Waals surface area contributed by atoms with Crippen LogP contribution in [0.25, 0.3) is 0 Å². The van der Waals surface area contributed by atoms with Crippen LogP contribution in [0.3, 0.4) is 0 Å². The van der Waals surface area contributed by atoms with Crippen molar-refractivity contribution in [2.45, 2.75) is 57.5 Å². The first-order valence-corrected chi connectivity index (χ1v) is 13.8. The van der Waals surface area contributed by atoms with Crippen LogP contribution < -0.4 is 15.0 Å². The third-order valence-corrected chi connectivity index (χ3v) is 8.81. The van der Waals surface area contributed by atoms with Crippen LogP contribution in [0, 0.1) is 20.8 Å². The Bertz CT molecular complexity index is 1060. The lowest BCUT2D eigenvalue weighted by Crippen LogP contribution is -2.42. The van der Waals surface area contributed by atoms with Crippen LogP contribution in [-0.2, 0) is 22.3 Å². The molecule has 8 heteroatoms. The second-order valence-corrected chi connectivity index (χ2v) is 11.6. The van der Waals surface area contributed by atoms with E-state index >= 15 is 0 Å². The molecule has 36 heavy (non-hydrogen) atoms. The lowest BCUT2D eigenvalue weighted by atomic mass is 10.0. The van der Waals surface area contributed by atoms with Crippen molar-refractivity contribution >= 4 is 22.6 Å². The van der Waals surface area contributed by atoms with Crippen LogP contribution in [0.1, 0.15) is 41.5 Å². The first kappa shape index (κ1) is 28.2. The van der Waals surface area contributed by atoms with Crippen molar-refractivity contribution in [3.05, 3.63) is 52.6 Å². The lowest BCUT2D eigenvalue weighted by molar-refractivity contribution is -0.121. The monoisotopic (exact) mass is 514 g/mol. The van der Waals surface area contributed by atoms with E-state index in [9.17, 15) is 9.00 Å². The normalized spacial score (nSPS) is 15.4. The molecule has 1 unspecified atom stereocenters. The maximum absolute atomic E-state index is 13.1. The van der Waals surface area contributed by atoms with Crippen molar-refractivity contribution in [2.24, 2.45) is 0 Å². The van der Waals surface area contributed by atoms with E-state index in [1.165, 1.54) is 24.1 Å². The summed E-state index contributed by atoms with van der Waals surface area (Å²) < 4.78 is 20.1. The minimum atomic E-state index is -1.34. The zero-order valence-electron chi connectivity index (χ0n) is 22.9. The van der Waals surface area contributed by atoms with Gasteiger partial charge in [-0.3, -0.25) is 4.79 Å². The number of anilines is 1. The number of benzene rings is 2. The van der Waals surface area contributed by atoms with E-state index in [0.717, 1.165) is 40.4 Å². The molecule has 0 spiro atoms. The number of rotatable bonds is 10. The second-order valence-electron chi connectivity index (χ2n) is 10.0. The standard InChI is InChI=1S/C28H42N4O3S/c1-20-16-23(8-9-26(20)32-14-10-24(11-15-32)30(4)5)19-29-27(33)12-13-31(6)36(34)28-21(2)17-25(35-7)18-22(28)3/h8-9,16-18,24H,10-15,19H2,1-7H3,(H,29,33). The Labute approximate surface area is 219 Å². The SMILES string of the molecule is COc1cc(C)c(S(=O)N(C)CCC(=O)NCc2ccc(N3CCC(N(C)C)CC3)c(C)c2)c(C)c1. The topological polar surface area (TPSA) is 65.1 Å². The summed E-state index contributed by atoms with van der Waals surface area (Å²) in [6, 6.07) is 10.9. The number of hydrogen-bond acceptors (Lipinski definition) is 5. The molecular weight excluding hydrogens is 472 g/mol. The molecule has 0 aromatic heterocycles. The molecule has 7 nitrogen and oxygen atoms in total. The Balaban J connectivity index is 1.49. The van der Waals surface area contributed by atoms with E-state index in [1.807, 2.05) is 26.0 Å². The molecule has 0 saturated carbocycles. The van der Waals surface area contributed by atoms with Gasteiger partial charge in [0.15, 0.2) is 0 Å². The van der Waals surface area contributed by atoms with Crippen molar-refractivity contribution in [1.29, 1.82) is 0 Å². The van der Waals surface area contributed by atoms with Gasteiger partial charge in [-0.1, -0.05) is 12.1 Å². The van der Waals surface area contributed by atoms with Gasteiger partial charge < -0.3 is 19.9 Å². The highest BCUT2D eigenvalue weighted by Gasteiger charge is 2.22. The minimum Gasteiger partial charge on any atom is -0.497 e. The van der Waals surface area contributed by atoms with Crippen molar-refractivity contribution < 1.29 is 13.7 Å². The van der Waals surface area contributed by atoms with Gasteiger partial charge in [0, 0.05) is 51.4 Å². The average molecular weight is 515 g/mol. The summed E-state index contributed by atoms with van der Waals surface area (Å²) in [5.41, 5.74) is 5.46. The van der Waals surface area contributed by atoms with Gasteiger partial charge in [0.05, 0.1) is 12.0 Å². The van der Waals surface area contributed by atoms with Gasteiger partial charge in [0.1, 0.15) is 16.7 Å². The summed E-state index contributed by atoms with van der Waals surface area (Å²) in [5.74, 6) is 0.708. The molecule has 1 atom stereocenters. The fraction of sp³-hybridized carbons (Fsp3) is 0.536. The molecule has 1 aliphatic heterocycles. The number of piperidine rings is 1. The lowest BCUT2D eigenvalue weighted by Gasteiger charge is -2.37. The number of ether oxygens (including phenoxy) is 1. The highest BCUT2D eigenvalue weighted by molar-refractivity contribution is 7.82. The van der Waals surface area contributed by atoms with Crippen molar-refractivity contribution in [3.63, 3.8) is 0 Å². The Kier molecular flexibility index (Phi) is 9.93. The predicted molar refractivity (Wildman–Crippen MR) is 148 cm³/mol. The van der Waals surface area contributed by atoms with Gasteiger partial charge in [-0.05, 0) is 88.2 Å². The van der Waals surface area contributed by atoms with E-state index in [0.29, 0.717) is 19.1 Å². The fourth-order valence-corrected chi connectivity index (χ4v) is 6.13. The van der Waals surface area contributed by atoms with Gasteiger partial charge in [-0.25, -0.2) is 8.51 Å². The number of methoxy groups -OCH3 is 1. The number of carbonyl (C=O) groups excluding carboxylic acids is 1. The first-order valence-electron chi connectivity index (χ1n) is 12.7. The van der Waals surface area contributed by atoms with Crippen molar-refractivity contribution in [1.82, 2.24) is 14.5 Å². The zero-order valence-corrected chi connectivity index (χ0v) is 23.7. The molecule has 0 bridgehead atoms. The van der Waals surface area contributed by atoms with Gasteiger partial charge >= 0.3 is 0 Å². The fourth-order valence-electron chi connectivity index (χ4n) is 4.90. The molecular formula is C28H42N4O3S. The molecule has 1 saturated heterocycles. The highest BCUT2D eigenvalue weighted by Crippen LogP contribution is 2.27. The number of nitrogens with zero attached hydrogens (tertiary/aromatic N) is 3. The van der Waals surface area contributed by atoms with E-state index in [2.05, 4.69) is 54.3 Å². The van der Waals surface area contributed by atoms with Crippen LogP contribution in [0.2, 0.25) is 0 Å². The number of carbonyl (C=O) groups is 1. The van der Waals surface area contributed by atoms with Gasteiger partial charge in [0.25, 0.3) is 0 Å². The first-order chi connectivity index (χ1) is 17.1. The quantitative estimate of drug-likeness (QED) is 0.522. The molecule has 1 aliphatic rings. The molecule has 2 aromatic carbocycles. The molecule has 1 N–H and O–H groups in total. The van der Waals surface area contributed by atoms with Gasteiger partial charge in [-0.15, -0.1) is 0 Å². The van der Waals surface area contributed by atoms with Crippen LogP contribution in [-0.4, -0.2) is 73.3 Å². The number of aryl methyl sites for hydroxylation is 3. The summed E-state index contributed by atoms with van der Waals surface area (Å²) >= 11 is 0.